The zero-order valence-corrected chi connectivity index (χ0v) is 21.4. The lowest BCUT2D eigenvalue weighted by Crippen LogP contribution is -2.31. The highest BCUT2D eigenvalue weighted by Gasteiger charge is 2.32. The fraction of sp³-hybridized carbons (Fsp3) is 0.115. The number of carboxylic acid groups (broad SMARTS) is 1. The van der Waals surface area contributed by atoms with E-state index in [4.69, 9.17) is 22.1 Å². The maximum atomic E-state index is 14.1. The molecule has 1 aliphatic heterocycles. The van der Waals surface area contributed by atoms with E-state index in [0.717, 1.165) is 17.8 Å². The van der Waals surface area contributed by atoms with Gasteiger partial charge in [-0.15, -0.1) is 0 Å². The lowest BCUT2D eigenvalue weighted by molar-refractivity contribution is -0.122. The molecule has 0 atom stereocenters. The molecule has 12 heteroatoms. The first-order valence-electron chi connectivity index (χ1n) is 11.1. The van der Waals surface area contributed by atoms with E-state index in [9.17, 15) is 23.9 Å². The molecular weight excluding hydrogens is 533 g/mol. The van der Waals surface area contributed by atoms with E-state index in [-0.39, 0.29) is 40.2 Å². The Morgan fingerprint density at radius 1 is 1.21 bits per heavy atom. The molecule has 0 radical (unpaired) electrons. The zero-order chi connectivity index (χ0) is 27.4. The number of amides is 2. The molecule has 0 aliphatic carbocycles. The molecule has 2 amide bonds. The Morgan fingerprint density at radius 3 is 2.68 bits per heavy atom. The highest BCUT2D eigenvalue weighted by molar-refractivity contribution is 8.26. The number of ether oxygens (including phenoxy) is 1. The molecular formula is C26H20FN3O6S2. The maximum absolute atomic E-state index is 14.1. The van der Waals surface area contributed by atoms with Crippen molar-refractivity contribution in [2.75, 3.05) is 19.0 Å². The molecule has 0 unspecified atom stereocenters. The number of carbonyl (C=O) groups is 3. The fourth-order valence-electron chi connectivity index (χ4n) is 3.57. The van der Waals surface area contributed by atoms with Gasteiger partial charge in [-0.25, -0.2) is 14.2 Å². The number of thioether (sulfide) groups is 1. The van der Waals surface area contributed by atoms with Crippen LogP contribution in [0.3, 0.4) is 0 Å². The van der Waals surface area contributed by atoms with Crippen LogP contribution in [-0.2, 0) is 9.59 Å². The summed E-state index contributed by atoms with van der Waals surface area (Å²) in [5, 5.41) is 21.3. The Hall–Kier alpha value is -4.29. The monoisotopic (exact) mass is 553 g/mol. The van der Waals surface area contributed by atoms with Gasteiger partial charge in [-0.2, -0.15) is 0 Å². The van der Waals surface area contributed by atoms with E-state index in [2.05, 4.69) is 10.3 Å². The third kappa shape index (κ3) is 5.98. The lowest BCUT2D eigenvalue weighted by atomic mass is 10.1. The minimum absolute atomic E-state index is 0.0195. The fourth-order valence-corrected chi connectivity index (χ4v) is 4.87. The summed E-state index contributed by atoms with van der Waals surface area (Å²) in [6.07, 6.45) is 1.49. The van der Waals surface area contributed by atoms with E-state index in [0.29, 0.717) is 21.9 Å². The van der Waals surface area contributed by atoms with E-state index in [1.807, 2.05) is 0 Å². The summed E-state index contributed by atoms with van der Waals surface area (Å²) in [5.41, 5.74) is 1.45. The van der Waals surface area contributed by atoms with Crippen molar-refractivity contribution in [2.24, 2.45) is 0 Å². The molecule has 1 saturated heterocycles. The molecule has 38 heavy (non-hydrogen) atoms. The molecule has 1 aliphatic rings. The number of aromatic carboxylic acids is 1. The largest absolute Gasteiger partial charge is 0.507 e. The number of carbonyl (C=O) groups excluding carboxylic acids is 2. The summed E-state index contributed by atoms with van der Waals surface area (Å²) in [7, 11) is 1.38. The van der Waals surface area contributed by atoms with Crippen molar-refractivity contribution in [2.45, 2.75) is 6.42 Å². The van der Waals surface area contributed by atoms with Crippen molar-refractivity contribution in [3.8, 4) is 22.8 Å². The van der Waals surface area contributed by atoms with Crippen molar-refractivity contribution in [3.05, 3.63) is 76.6 Å². The SMILES string of the molecule is COc1ccc(-c2cccc(/C=C3\SC(=S)N(CCC(=O)Nc4ccc(C(=O)O)c(O)c4)C3=O)n2)cc1F. The van der Waals surface area contributed by atoms with Crippen LogP contribution in [0.25, 0.3) is 17.3 Å². The second-order valence-electron chi connectivity index (χ2n) is 7.97. The number of thiocarbonyl (C=S) groups is 1. The number of rotatable bonds is 8. The van der Waals surface area contributed by atoms with Gasteiger partial charge >= 0.3 is 5.97 Å². The normalized spacial score (nSPS) is 14.2. The summed E-state index contributed by atoms with van der Waals surface area (Å²) in [4.78, 5) is 42.4. The number of anilines is 1. The second-order valence-corrected chi connectivity index (χ2v) is 9.64. The van der Waals surface area contributed by atoms with E-state index >= 15 is 0 Å². The molecule has 1 fully saturated rings. The summed E-state index contributed by atoms with van der Waals surface area (Å²) in [6.45, 7) is 0.0195. The summed E-state index contributed by atoms with van der Waals surface area (Å²) < 4.78 is 19.4. The molecule has 3 aromatic rings. The summed E-state index contributed by atoms with van der Waals surface area (Å²) in [6, 6.07) is 13.3. The molecule has 2 heterocycles. The van der Waals surface area contributed by atoms with Gasteiger partial charge in [0.1, 0.15) is 15.6 Å². The molecule has 3 N–H and O–H groups in total. The van der Waals surface area contributed by atoms with Crippen LogP contribution in [0, 0.1) is 5.82 Å². The molecule has 0 spiro atoms. The number of carboxylic acids is 1. The minimum atomic E-state index is -1.29. The molecule has 9 nitrogen and oxygen atoms in total. The van der Waals surface area contributed by atoms with Crippen molar-refractivity contribution >= 4 is 57.8 Å². The number of methoxy groups -OCH3 is 1. The predicted octanol–water partition coefficient (Wildman–Crippen LogP) is 4.53. The summed E-state index contributed by atoms with van der Waals surface area (Å²) >= 11 is 6.40. The maximum Gasteiger partial charge on any atom is 0.339 e. The first-order valence-corrected chi connectivity index (χ1v) is 12.3. The van der Waals surface area contributed by atoms with Crippen molar-refractivity contribution in [1.29, 1.82) is 0 Å². The molecule has 0 bridgehead atoms. The van der Waals surface area contributed by atoms with Gasteiger partial charge in [-0.05, 0) is 48.5 Å². The average molecular weight is 554 g/mol. The van der Waals surface area contributed by atoms with E-state index in [1.54, 1.807) is 30.3 Å². The van der Waals surface area contributed by atoms with E-state index < -0.39 is 23.4 Å². The van der Waals surface area contributed by atoms with Crippen LogP contribution in [0.5, 0.6) is 11.5 Å². The van der Waals surface area contributed by atoms with Crippen LogP contribution in [-0.4, -0.2) is 55.9 Å². The highest BCUT2D eigenvalue weighted by atomic mass is 32.2. The van der Waals surface area contributed by atoms with Gasteiger partial charge in [0.25, 0.3) is 5.91 Å². The van der Waals surface area contributed by atoms with E-state index in [1.165, 1.54) is 36.3 Å². The lowest BCUT2D eigenvalue weighted by Gasteiger charge is -2.14. The number of aromatic nitrogens is 1. The Kier molecular flexibility index (Phi) is 8.03. The van der Waals surface area contributed by atoms with Crippen LogP contribution in [0.1, 0.15) is 22.5 Å². The number of phenols is 1. The number of aromatic hydroxyl groups is 1. The first-order chi connectivity index (χ1) is 18.2. The number of hydrogen-bond donors (Lipinski definition) is 3. The third-order valence-electron chi connectivity index (χ3n) is 5.45. The van der Waals surface area contributed by atoms with Crippen LogP contribution < -0.4 is 10.1 Å². The number of pyridine rings is 1. The van der Waals surface area contributed by atoms with Crippen molar-refractivity contribution in [1.82, 2.24) is 9.88 Å². The van der Waals surface area contributed by atoms with Gasteiger partial charge < -0.3 is 20.3 Å². The first kappa shape index (κ1) is 26.8. The number of nitrogens with one attached hydrogen (secondary N) is 1. The standard InChI is InChI=1S/C26H20FN3O6S2/c1-36-21-8-5-14(11-18(21)27)19-4-2-3-15(28-19)13-22-24(33)30(26(37)38-22)10-9-23(32)29-16-6-7-17(25(34)35)20(31)12-16/h2-8,11-13,31H,9-10H2,1H3,(H,29,32)(H,34,35)/b22-13-. The molecule has 0 saturated carbocycles. The third-order valence-corrected chi connectivity index (χ3v) is 6.82. The van der Waals surface area contributed by atoms with Crippen LogP contribution in [0.4, 0.5) is 10.1 Å². The number of halogens is 1. The average Bonchev–Trinajstić information content (AvgIpc) is 3.14. The molecule has 1 aromatic heterocycles. The number of hydrogen-bond acceptors (Lipinski definition) is 8. The van der Waals surface area contributed by atoms with Crippen LogP contribution >= 0.6 is 24.0 Å². The van der Waals surface area contributed by atoms with Crippen molar-refractivity contribution < 1.29 is 33.7 Å². The van der Waals surface area contributed by atoms with Gasteiger partial charge in [-0.1, -0.05) is 30.0 Å². The molecule has 2 aromatic carbocycles. The quantitative estimate of drug-likeness (QED) is 0.272. The van der Waals surface area contributed by atoms with Crippen LogP contribution in [0.15, 0.2) is 59.5 Å². The smallest absolute Gasteiger partial charge is 0.339 e. The van der Waals surface area contributed by atoms with Gasteiger partial charge in [0.15, 0.2) is 11.6 Å². The Labute approximate surface area is 225 Å². The predicted molar refractivity (Wildman–Crippen MR) is 144 cm³/mol. The topological polar surface area (TPSA) is 129 Å². The van der Waals surface area contributed by atoms with Crippen molar-refractivity contribution in [3.63, 3.8) is 0 Å². The van der Waals surface area contributed by atoms with Gasteiger partial charge in [0.05, 0.1) is 23.4 Å². The van der Waals surface area contributed by atoms with Gasteiger partial charge in [-0.3, -0.25) is 14.5 Å². The number of benzene rings is 2. The second kappa shape index (κ2) is 11.4. The molecule has 194 valence electrons. The van der Waals surface area contributed by atoms with Crippen LogP contribution in [0.2, 0.25) is 0 Å². The Bertz CT molecular complexity index is 1490. The number of nitrogens with zero attached hydrogens (tertiary/aromatic N) is 2. The zero-order valence-electron chi connectivity index (χ0n) is 19.8. The minimum Gasteiger partial charge on any atom is -0.507 e. The van der Waals surface area contributed by atoms with Gasteiger partial charge in [0.2, 0.25) is 5.91 Å². The highest BCUT2D eigenvalue weighted by Crippen LogP contribution is 2.33. The molecule has 4 rings (SSSR count). The van der Waals surface area contributed by atoms with Gasteiger partial charge in [0, 0.05) is 30.3 Å². The Morgan fingerprint density at radius 2 is 2.00 bits per heavy atom. The summed E-state index contributed by atoms with van der Waals surface area (Å²) in [5.74, 6) is -3.00. The Balaban J connectivity index is 1.41.